The van der Waals surface area contributed by atoms with Gasteiger partial charge in [-0.2, -0.15) is 0 Å². The van der Waals surface area contributed by atoms with Crippen molar-refractivity contribution in [2.24, 2.45) is 0 Å². The van der Waals surface area contributed by atoms with Gasteiger partial charge in [0.05, 0.1) is 5.56 Å². The van der Waals surface area contributed by atoms with Crippen molar-refractivity contribution in [1.82, 2.24) is 4.90 Å². The molecule has 2 rings (SSSR count). The fourth-order valence-electron chi connectivity index (χ4n) is 1.51. The van der Waals surface area contributed by atoms with Crippen molar-refractivity contribution in [1.29, 1.82) is 0 Å². The highest BCUT2D eigenvalue weighted by molar-refractivity contribution is 14.1. The van der Waals surface area contributed by atoms with Gasteiger partial charge in [0.25, 0.3) is 5.91 Å². The molecule has 0 bridgehead atoms. The Bertz CT molecular complexity index is 383. The van der Waals surface area contributed by atoms with Crippen LogP contribution in [0.5, 0.6) is 0 Å². The summed E-state index contributed by atoms with van der Waals surface area (Å²) >= 11 is 5.63. The molecule has 0 heterocycles. The average molecular weight is 380 g/mol. The second-order valence-electron chi connectivity index (χ2n) is 3.74. The van der Waals surface area contributed by atoms with E-state index >= 15 is 0 Å². The van der Waals surface area contributed by atoms with E-state index in [1.165, 1.54) is 0 Å². The summed E-state index contributed by atoms with van der Waals surface area (Å²) in [6.45, 7) is 0. The van der Waals surface area contributed by atoms with Crippen molar-refractivity contribution < 1.29 is 4.79 Å². The molecule has 0 N–H and O–H groups in total. The lowest BCUT2D eigenvalue weighted by Gasteiger charge is -2.18. The maximum absolute atomic E-state index is 12.2. The molecule has 1 aromatic rings. The molecule has 0 radical (unpaired) electrons. The quantitative estimate of drug-likeness (QED) is 0.722. The lowest BCUT2D eigenvalue weighted by Crippen LogP contribution is -2.29. The number of hydrogen-bond acceptors (Lipinski definition) is 1. The van der Waals surface area contributed by atoms with Crippen molar-refractivity contribution in [3.63, 3.8) is 0 Å². The minimum Gasteiger partial charge on any atom is -0.339 e. The van der Waals surface area contributed by atoms with E-state index in [1.807, 2.05) is 30.1 Å². The summed E-state index contributed by atoms with van der Waals surface area (Å²) in [4.78, 5) is 14.0. The summed E-state index contributed by atoms with van der Waals surface area (Å²) in [5, 5.41) is 0. The highest BCUT2D eigenvalue weighted by atomic mass is 127. The summed E-state index contributed by atoms with van der Waals surface area (Å²) in [6, 6.07) is 6.27. The molecule has 15 heavy (non-hydrogen) atoms. The third-order valence-corrected chi connectivity index (χ3v) is 4.15. The Hall–Kier alpha value is -0.100. The van der Waals surface area contributed by atoms with Gasteiger partial charge in [0, 0.05) is 21.1 Å². The van der Waals surface area contributed by atoms with E-state index < -0.39 is 0 Å². The first-order valence-corrected chi connectivity index (χ1v) is 6.69. The molecule has 2 nitrogen and oxygen atoms in total. The number of hydrogen-bond donors (Lipinski definition) is 0. The normalized spacial score (nSPS) is 15.1. The molecule has 1 amide bonds. The number of carbonyl (C=O) groups excluding carboxylic acids is 1. The van der Waals surface area contributed by atoms with Crippen LogP contribution in [0.3, 0.4) is 0 Å². The summed E-state index contributed by atoms with van der Waals surface area (Å²) in [5.74, 6) is 0.120. The van der Waals surface area contributed by atoms with E-state index in [-0.39, 0.29) is 5.91 Å². The summed E-state index contributed by atoms with van der Waals surface area (Å²) in [6.07, 6.45) is 2.28. The van der Waals surface area contributed by atoms with Crippen LogP contribution in [0.1, 0.15) is 23.2 Å². The Morgan fingerprint density at radius 2 is 2.20 bits per heavy atom. The van der Waals surface area contributed by atoms with Crippen LogP contribution in [0.2, 0.25) is 0 Å². The van der Waals surface area contributed by atoms with Gasteiger partial charge in [-0.05, 0) is 63.5 Å². The molecule has 1 saturated carbocycles. The molecule has 0 spiro atoms. The van der Waals surface area contributed by atoms with Crippen LogP contribution in [0, 0.1) is 3.57 Å². The van der Waals surface area contributed by atoms with Gasteiger partial charge in [-0.3, -0.25) is 4.79 Å². The van der Waals surface area contributed by atoms with Crippen LogP contribution >= 0.6 is 38.5 Å². The van der Waals surface area contributed by atoms with Crippen molar-refractivity contribution >= 4 is 44.4 Å². The SMILES string of the molecule is CN(C(=O)c1c(Br)cccc1I)C1CC1. The van der Waals surface area contributed by atoms with Gasteiger partial charge < -0.3 is 4.90 Å². The van der Waals surface area contributed by atoms with Crippen LogP contribution in [0.15, 0.2) is 22.7 Å². The van der Waals surface area contributed by atoms with E-state index in [2.05, 4.69) is 38.5 Å². The molecule has 1 aromatic carbocycles. The lowest BCUT2D eigenvalue weighted by molar-refractivity contribution is 0.0783. The fraction of sp³-hybridized carbons (Fsp3) is 0.364. The Morgan fingerprint density at radius 3 is 2.73 bits per heavy atom. The molecule has 80 valence electrons. The van der Waals surface area contributed by atoms with Crippen LogP contribution in [0.4, 0.5) is 0 Å². The number of carbonyl (C=O) groups is 1. The zero-order valence-corrected chi connectivity index (χ0v) is 12.1. The van der Waals surface area contributed by atoms with Crippen molar-refractivity contribution in [3.8, 4) is 0 Å². The minimum atomic E-state index is 0.120. The molecule has 0 atom stereocenters. The highest BCUT2D eigenvalue weighted by Crippen LogP contribution is 2.30. The number of benzene rings is 1. The lowest BCUT2D eigenvalue weighted by atomic mass is 10.2. The third kappa shape index (κ3) is 2.36. The molecular weight excluding hydrogens is 369 g/mol. The fourth-order valence-corrected chi connectivity index (χ4v) is 3.14. The predicted molar refractivity (Wildman–Crippen MR) is 72.0 cm³/mol. The summed E-state index contributed by atoms with van der Waals surface area (Å²) < 4.78 is 1.88. The van der Waals surface area contributed by atoms with Crippen molar-refractivity contribution in [2.45, 2.75) is 18.9 Å². The monoisotopic (exact) mass is 379 g/mol. The Balaban J connectivity index is 2.31. The van der Waals surface area contributed by atoms with E-state index in [4.69, 9.17) is 0 Å². The van der Waals surface area contributed by atoms with Crippen LogP contribution in [0.25, 0.3) is 0 Å². The maximum atomic E-state index is 12.2. The van der Waals surface area contributed by atoms with Gasteiger partial charge in [-0.25, -0.2) is 0 Å². The average Bonchev–Trinajstić information content (AvgIpc) is 2.99. The second-order valence-corrected chi connectivity index (χ2v) is 5.76. The third-order valence-electron chi connectivity index (χ3n) is 2.59. The molecular formula is C11H11BrINO. The van der Waals surface area contributed by atoms with Gasteiger partial charge in [-0.1, -0.05) is 6.07 Å². The van der Waals surface area contributed by atoms with Gasteiger partial charge in [0.1, 0.15) is 0 Å². The van der Waals surface area contributed by atoms with E-state index in [0.717, 1.165) is 26.4 Å². The number of halogens is 2. The predicted octanol–water partition coefficient (Wildman–Crippen LogP) is 3.29. The van der Waals surface area contributed by atoms with E-state index in [9.17, 15) is 4.79 Å². The Labute approximate surface area is 111 Å². The molecule has 1 aliphatic carbocycles. The first kappa shape index (κ1) is 11.4. The van der Waals surface area contributed by atoms with Gasteiger partial charge in [0.2, 0.25) is 0 Å². The zero-order chi connectivity index (χ0) is 11.0. The van der Waals surface area contributed by atoms with Gasteiger partial charge in [-0.15, -0.1) is 0 Å². The molecule has 1 fully saturated rings. The van der Waals surface area contributed by atoms with Crippen molar-refractivity contribution in [3.05, 3.63) is 31.8 Å². The van der Waals surface area contributed by atoms with Crippen LogP contribution in [-0.4, -0.2) is 23.9 Å². The first-order chi connectivity index (χ1) is 7.11. The molecule has 0 saturated heterocycles. The first-order valence-electron chi connectivity index (χ1n) is 4.82. The highest BCUT2D eigenvalue weighted by Gasteiger charge is 2.31. The van der Waals surface area contributed by atoms with Gasteiger partial charge in [0.15, 0.2) is 0 Å². The number of nitrogens with zero attached hydrogens (tertiary/aromatic N) is 1. The van der Waals surface area contributed by atoms with Crippen molar-refractivity contribution in [2.75, 3.05) is 7.05 Å². The molecule has 0 aliphatic heterocycles. The molecule has 0 aromatic heterocycles. The molecule has 0 unspecified atom stereocenters. The van der Waals surface area contributed by atoms with Crippen LogP contribution in [-0.2, 0) is 0 Å². The van der Waals surface area contributed by atoms with E-state index in [0.29, 0.717) is 6.04 Å². The molecule has 4 heteroatoms. The van der Waals surface area contributed by atoms with Crippen LogP contribution < -0.4 is 0 Å². The molecule has 1 aliphatic rings. The van der Waals surface area contributed by atoms with E-state index in [1.54, 1.807) is 0 Å². The second kappa shape index (κ2) is 4.41. The smallest absolute Gasteiger partial charge is 0.256 e. The maximum Gasteiger partial charge on any atom is 0.256 e. The summed E-state index contributed by atoms with van der Waals surface area (Å²) in [5.41, 5.74) is 0.785. The largest absolute Gasteiger partial charge is 0.339 e. The summed E-state index contributed by atoms with van der Waals surface area (Å²) in [7, 11) is 1.88. The topological polar surface area (TPSA) is 20.3 Å². The van der Waals surface area contributed by atoms with Gasteiger partial charge >= 0.3 is 0 Å². The Morgan fingerprint density at radius 1 is 1.53 bits per heavy atom. The minimum absolute atomic E-state index is 0.120. The number of rotatable bonds is 2. The zero-order valence-electron chi connectivity index (χ0n) is 8.34. The standard InChI is InChI=1S/C11H11BrINO/c1-14(7-5-6-7)11(15)10-8(12)3-2-4-9(10)13/h2-4,7H,5-6H2,1H3. The number of amides is 1. The Kier molecular flexibility index (Phi) is 3.35.